The molecular formula is C10H19N3O4. The van der Waals surface area contributed by atoms with Crippen LogP contribution >= 0.6 is 0 Å². The van der Waals surface area contributed by atoms with Crippen LogP contribution in [0.15, 0.2) is 0 Å². The van der Waals surface area contributed by atoms with Crippen LogP contribution in [-0.2, 0) is 9.53 Å². The molecule has 1 rings (SSSR count). The molecule has 7 nitrogen and oxygen atoms in total. The van der Waals surface area contributed by atoms with E-state index in [0.717, 1.165) is 0 Å². The molecule has 2 unspecified atom stereocenters. The van der Waals surface area contributed by atoms with Gasteiger partial charge in [0.05, 0.1) is 19.3 Å². The van der Waals surface area contributed by atoms with Crippen molar-refractivity contribution >= 4 is 12.0 Å². The van der Waals surface area contributed by atoms with E-state index in [9.17, 15) is 9.59 Å². The maximum atomic E-state index is 11.7. The lowest BCUT2D eigenvalue weighted by molar-refractivity contribution is -0.142. The molecule has 0 radical (unpaired) electrons. The highest BCUT2D eigenvalue weighted by Crippen LogP contribution is 2.18. The Morgan fingerprint density at radius 3 is 2.82 bits per heavy atom. The lowest BCUT2D eigenvalue weighted by Crippen LogP contribution is -2.48. The summed E-state index contributed by atoms with van der Waals surface area (Å²) in [5, 5.41) is 11.7. The summed E-state index contributed by atoms with van der Waals surface area (Å²) in [4.78, 5) is 24.0. The molecule has 1 aliphatic heterocycles. The predicted molar refractivity (Wildman–Crippen MR) is 60.6 cm³/mol. The largest absolute Gasteiger partial charge is 0.481 e. The molecule has 1 saturated heterocycles. The number of urea groups is 1. The summed E-state index contributed by atoms with van der Waals surface area (Å²) >= 11 is 0. The minimum Gasteiger partial charge on any atom is -0.481 e. The fraction of sp³-hybridized carbons (Fsp3) is 0.800. The van der Waals surface area contributed by atoms with E-state index in [1.807, 2.05) is 0 Å². The van der Waals surface area contributed by atoms with E-state index in [-0.39, 0.29) is 19.2 Å². The third-order valence-corrected chi connectivity index (χ3v) is 2.84. The number of likely N-dealkylation sites (N-methyl/N-ethyl adjacent to an activating group) is 1. The molecule has 0 aromatic rings. The standard InChI is InChI=1S/C10H19N3O4/c1-13(10(16)12-4-2-3-11)8-6-17-5-7(8)9(14)15/h7-8H,2-6,11H2,1H3,(H,12,16)(H,14,15). The Kier molecular flexibility index (Phi) is 5.17. The van der Waals surface area contributed by atoms with Gasteiger partial charge < -0.3 is 25.8 Å². The zero-order valence-corrected chi connectivity index (χ0v) is 9.89. The van der Waals surface area contributed by atoms with E-state index >= 15 is 0 Å². The predicted octanol–water partition coefficient (Wildman–Crippen LogP) is -0.924. The van der Waals surface area contributed by atoms with Gasteiger partial charge in [-0.25, -0.2) is 4.79 Å². The Labute approximate surface area is 99.9 Å². The zero-order valence-electron chi connectivity index (χ0n) is 9.89. The number of aliphatic carboxylic acids is 1. The van der Waals surface area contributed by atoms with E-state index in [4.69, 9.17) is 15.6 Å². The van der Waals surface area contributed by atoms with Gasteiger partial charge in [0, 0.05) is 13.6 Å². The number of nitrogens with two attached hydrogens (primary N) is 1. The summed E-state index contributed by atoms with van der Waals surface area (Å²) in [5.41, 5.74) is 5.31. The molecule has 0 aliphatic carbocycles. The molecule has 0 spiro atoms. The fourth-order valence-electron chi connectivity index (χ4n) is 1.73. The van der Waals surface area contributed by atoms with E-state index in [0.29, 0.717) is 19.5 Å². The van der Waals surface area contributed by atoms with E-state index in [1.165, 1.54) is 4.90 Å². The summed E-state index contributed by atoms with van der Waals surface area (Å²) in [5.74, 6) is -1.59. The quantitative estimate of drug-likeness (QED) is 0.543. The molecule has 4 N–H and O–H groups in total. The lowest BCUT2D eigenvalue weighted by atomic mass is 10.0. The van der Waals surface area contributed by atoms with Crippen molar-refractivity contribution in [3.8, 4) is 0 Å². The minimum absolute atomic E-state index is 0.153. The number of nitrogens with one attached hydrogen (secondary N) is 1. The van der Waals surface area contributed by atoms with Crippen molar-refractivity contribution in [1.29, 1.82) is 0 Å². The molecule has 2 atom stereocenters. The van der Waals surface area contributed by atoms with Crippen molar-refractivity contribution in [2.75, 3.05) is 33.4 Å². The van der Waals surface area contributed by atoms with Crippen molar-refractivity contribution in [1.82, 2.24) is 10.2 Å². The van der Waals surface area contributed by atoms with Gasteiger partial charge in [-0.15, -0.1) is 0 Å². The van der Waals surface area contributed by atoms with Gasteiger partial charge in [0.1, 0.15) is 5.92 Å². The first-order chi connectivity index (χ1) is 8.07. The first kappa shape index (κ1) is 13.7. The second kappa shape index (κ2) is 6.41. The van der Waals surface area contributed by atoms with Crippen molar-refractivity contribution in [2.45, 2.75) is 12.5 Å². The molecular weight excluding hydrogens is 226 g/mol. The van der Waals surface area contributed by atoms with Crippen LogP contribution in [0.4, 0.5) is 4.79 Å². The Morgan fingerprint density at radius 1 is 1.53 bits per heavy atom. The van der Waals surface area contributed by atoms with Crippen LogP contribution in [0.3, 0.4) is 0 Å². The first-order valence-corrected chi connectivity index (χ1v) is 5.59. The van der Waals surface area contributed by atoms with Crippen LogP contribution in [0, 0.1) is 5.92 Å². The summed E-state index contributed by atoms with van der Waals surface area (Å²) in [6.45, 7) is 1.41. The lowest BCUT2D eigenvalue weighted by Gasteiger charge is -2.26. The number of ether oxygens (including phenoxy) is 1. The molecule has 98 valence electrons. The van der Waals surface area contributed by atoms with Gasteiger partial charge in [0.15, 0.2) is 0 Å². The maximum Gasteiger partial charge on any atom is 0.317 e. The average Bonchev–Trinajstić information content (AvgIpc) is 2.77. The number of carboxylic acids is 1. The van der Waals surface area contributed by atoms with E-state index in [2.05, 4.69) is 5.32 Å². The molecule has 0 bridgehead atoms. The van der Waals surface area contributed by atoms with E-state index < -0.39 is 17.9 Å². The van der Waals surface area contributed by atoms with Crippen LogP contribution in [0.25, 0.3) is 0 Å². The van der Waals surface area contributed by atoms with Crippen molar-refractivity contribution < 1.29 is 19.4 Å². The number of hydrogen-bond donors (Lipinski definition) is 3. The summed E-state index contributed by atoms with van der Waals surface area (Å²) in [6.07, 6.45) is 0.698. The Hall–Kier alpha value is -1.34. The highest BCUT2D eigenvalue weighted by molar-refractivity contribution is 5.77. The molecule has 0 aromatic heterocycles. The first-order valence-electron chi connectivity index (χ1n) is 5.59. The third kappa shape index (κ3) is 3.57. The zero-order chi connectivity index (χ0) is 12.8. The molecule has 1 aliphatic rings. The Bertz CT molecular complexity index is 285. The van der Waals surface area contributed by atoms with E-state index in [1.54, 1.807) is 7.05 Å². The molecule has 2 amide bonds. The van der Waals surface area contributed by atoms with Crippen LogP contribution < -0.4 is 11.1 Å². The Balaban J connectivity index is 2.47. The van der Waals surface area contributed by atoms with Crippen molar-refractivity contribution in [3.05, 3.63) is 0 Å². The highest BCUT2D eigenvalue weighted by Gasteiger charge is 2.38. The van der Waals surface area contributed by atoms with Crippen molar-refractivity contribution in [2.24, 2.45) is 11.7 Å². The second-order valence-electron chi connectivity index (χ2n) is 4.03. The maximum absolute atomic E-state index is 11.7. The number of amides is 2. The number of carbonyl (C=O) groups excluding carboxylic acids is 1. The molecule has 1 heterocycles. The summed E-state index contributed by atoms with van der Waals surface area (Å²) in [6, 6.07) is -0.703. The Morgan fingerprint density at radius 2 is 2.24 bits per heavy atom. The minimum atomic E-state index is -0.936. The van der Waals surface area contributed by atoms with Crippen LogP contribution in [0.5, 0.6) is 0 Å². The van der Waals surface area contributed by atoms with Gasteiger partial charge in [-0.2, -0.15) is 0 Å². The topological polar surface area (TPSA) is 105 Å². The van der Waals surface area contributed by atoms with Gasteiger partial charge in [-0.1, -0.05) is 0 Å². The molecule has 0 aromatic carbocycles. The highest BCUT2D eigenvalue weighted by atomic mass is 16.5. The summed E-state index contributed by atoms with van der Waals surface area (Å²) < 4.78 is 5.11. The fourth-order valence-corrected chi connectivity index (χ4v) is 1.73. The molecule has 7 heteroatoms. The number of rotatable bonds is 5. The normalized spacial score (nSPS) is 23.4. The number of carboxylic acid groups (broad SMARTS) is 1. The van der Waals surface area contributed by atoms with Crippen LogP contribution in [-0.4, -0.2) is 61.4 Å². The van der Waals surface area contributed by atoms with Gasteiger partial charge in [-0.05, 0) is 13.0 Å². The van der Waals surface area contributed by atoms with Gasteiger partial charge in [0.25, 0.3) is 0 Å². The number of hydrogen-bond acceptors (Lipinski definition) is 4. The molecule has 1 fully saturated rings. The average molecular weight is 245 g/mol. The smallest absolute Gasteiger partial charge is 0.317 e. The van der Waals surface area contributed by atoms with Gasteiger partial charge in [0.2, 0.25) is 0 Å². The number of nitrogens with zero attached hydrogens (tertiary/aromatic N) is 1. The summed E-state index contributed by atoms with van der Waals surface area (Å²) in [7, 11) is 1.58. The van der Waals surface area contributed by atoms with Gasteiger partial charge in [-0.3, -0.25) is 4.79 Å². The SMILES string of the molecule is CN(C(=O)NCCCN)C1COCC1C(=O)O. The molecule has 0 saturated carbocycles. The monoisotopic (exact) mass is 245 g/mol. The van der Waals surface area contributed by atoms with Crippen LogP contribution in [0.2, 0.25) is 0 Å². The second-order valence-corrected chi connectivity index (χ2v) is 4.03. The van der Waals surface area contributed by atoms with Gasteiger partial charge >= 0.3 is 12.0 Å². The van der Waals surface area contributed by atoms with Crippen LogP contribution in [0.1, 0.15) is 6.42 Å². The third-order valence-electron chi connectivity index (χ3n) is 2.84. The van der Waals surface area contributed by atoms with Crippen molar-refractivity contribution in [3.63, 3.8) is 0 Å². The number of carbonyl (C=O) groups is 2. The molecule has 17 heavy (non-hydrogen) atoms.